The molecule has 0 unspecified atom stereocenters. The van der Waals surface area contributed by atoms with Gasteiger partial charge in [-0.3, -0.25) is 25.1 Å². The maximum absolute atomic E-state index is 13.3. The van der Waals surface area contributed by atoms with Crippen molar-refractivity contribution in [3.05, 3.63) is 98.6 Å². The van der Waals surface area contributed by atoms with Crippen LogP contribution in [0.4, 0.5) is 17.1 Å². The first-order chi connectivity index (χ1) is 16.4. The summed E-state index contributed by atoms with van der Waals surface area (Å²) in [5.74, 6) is -0.852. The molecule has 0 saturated heterocycles. The lowest BCUT2D eigenvalue weighted by Gasteiger charge is -2.18. The Labute approximate surface area is 198 Å². The summed E-state index contributed by atoms with van der Waals surface area (Å²) in [5.41, 5.74) is 3.58. The van der Waals surface area contributed by atoms with E-state index in [0.717, 1.165) is 0 Å². The number of nitro groups is 1. The number of carbonyl (C=O) groups is 2. The topological polar surface area (TPSA) is 123 Å². The van der Waals surface area contributed by atoms with Crippen LogP contribution in [-0.2, 0) is 9.59 Å². The Balaban J connectivity index is 1.70. The summed E-state index contributed by atoms with van der Waals surface area (Å²) in [7, 11) is 1.47. The van der Waals surface area contributed by atoms with Crippen molar-refractivity contribution in [1.29, 1.82) is 0 Å². The Kier molecular flexibility index (Phi) is 6.37. The van der Waals surface area contributed by atoms with Crippen LogP contribution in [0, 0.1) is 10.1 Å². The molecular formula is C24H17ClN4O5. The smallest absolute Gasteiger partial charge is 0.295 e. The van der Waals surface area contributed by atoms with Crippen LogP contribution < -0.4 is 15.5 Å². The quantitative estimate of drug-likeness (QED) is 0.302. The van der Waals surface area contributed by atoms with E-state index in [1.807, 2.05) is 0 Å². The second kappa shape index (κ2) is 9.55. The molecule has 0 spiro atoms. The van der Waals surface area contributed by atoms with Gasteiger partial charge in [-0.05, 0) is 35.9 Å². The molecule has 0 radical (unpaired) electrons. The van der Waals surface area contributed by atoms with Gasteiger partial charge in [0, 0.05) is 16.7 Å². The molecule has 0 saturated carbocycles. The van der Waals surface area contributed by atoms with Gasteiger partial charge in [-0.15, -0.1) is 0 Å². The number of anilines is 2. The third-order valence-corrected chi connectivity index (χ3v) is 5.25. The van der Waals surface area contributed by atoms with Gasteiger partial charge >= 0.3 is 0 Å². The van der Waals surface area contributed by atoms with Crippen LogP contribution in [0.25, 0.3) is 6.08 Å². The molecule has 4 rings (SSSR count). The van der Waals surface area contributed by atoms with Crippen LogP contribution in [-0.4, -0.2) is 29.4 Å². The third kappa shape index (κ3) is 4.50. The SMILES string of the molecule is COc1ccccc1NC(=O)C1=Cc2ccccc2/C(=N/Nc2ccc(Cl)cc2[N+](=O)[O-])C1=O. The third-order valence-electron chi connectivity index (χ3n) is 5.02. The maximum atomic E-state index is 13.3. The number of Topliss-reactive ketones (excluding diaryl/α,β-unsaturated/α-hetero) is 1. The Morgan fingerprint density at radius 3 is 2.56 bits per heavy atom. The molecule has 3 aromatic rings. The minimum absolute atomic E-state index is 0.0433. The van der Waals surface area contributed by atoms with Crippen molar-refractivity contribution >= 4 is 52.1 Å². The van der Waals surface area contributed by atoms with Crippen LogP contribution in [0.5, 0.6) is 5.75 Å². The van der Waals surface area contributed by atoms with E-state index in [2.05, 4.69) is 15.8 Å². The Bertz CT molecular complexity index is 1380. The number of para-hydroxylation sites is 2. The highest BCUT2D eigenvalue weighted by molar-refractivity contribution is 6.59. The van der Waals surface area contributed by atoms with E-state index in [-0.39, 0.29) is 27.7 Å². The zero-order valence-electron chi connectivity index (χ0n) is 17.7. The predicted octanol–water partition coefficient (Wildman–Crippen LogP) is 4.68. The number of nitrogens with zero attached hydrogens (tertiary/aromatic N) is 2. The van der Waals surface area contributed by atoms with E-state index in [1.54, 1.807) is 48.5 Å². The maximum Gasteiger partial charge on any atom is 0.295 e. The highest BCUT2D eigenvalue weighted by Gasteiger charge is 2.30. The number of halogens is 1. The van der Waals surface area contributed by atoms with Crippen LogP contribution in [0.3, 0.4) is 0 Å². The molecule has 0 heterocycles. The van der Waals surface area contributed by atoms with E-state index in [9.17, 15) is 19.7 Å². The number of carbonyl (C=O) groups excluding carboxylic acids is 2. The lowest BCUT2D eigenvalue weighted by atomic mass is 9.89. The minimum atomic E-state index is -0.644. The number of hydrazone groups is 1. The zero-order valence-corrected chi connectivity index (χ0v) is 18.5. The van der Waals surface area contributed by atoms with E-state index in [1.165, 1.54) is 31.4 Å². The van der Waals surface area contributed by atoms with Gasteiger partial charge in [0.2, 0.25) is 5.78 Å². The number of rotatable bonds is 6. The summed E-state index contributed by atoms with van der Waals surface area (Å²) in [6.07, 6.45) is 1.48. The number of amides is 1. The summed E-state index contributed by atoms with van der Waals surface area (Å²) in [5, 5.41) is 18.4. The Hall–Kier alpha value is -4.50. The molecule has 1 amide bonds. The molecule has 0 aliphatic heterocycles. The number of fused-ring (bicyclic) bond motifs is 1. The van der Waals surface area contributed by atoms with Crippen molar-refractivity contribution in [2.24, 2.45) is 5.10 Å². The van der Waals surface area contributed by atoms with Gasteiger partial charge in [-0.2, -0.15) is 5.10 Å². The molecule has 10 heteroatoms. The summed E-state index contributed by atoms with van der Waals surface area (Å²) < 4.78 is 5.25. The average molecular weight is 477 g/mol. The molecule has 0 fully saturated rings. The molecule has 1 aliphatic carbocycles. The fourth-order valence-electron chi connectivity index (χ4n) is 3.39. The molecule has 9 nitrogen and oxygen atoms in total. The van der Waals surface area contributed by atoms with Gasteiger partial charge in [0.15, 0.2) is 0 Å². The number of ether oxygens (including phenoxy) is 1. The van der Waals surface area contributed by atoms with Crippen molar-refractivity contribution in [2.75, 3.05) is 17.9 Å². The van der Waals surface area contributed by atoms with Crippen molar-refractivity contribution in [3.63, 3.8) is 0 Å². The summed E-state index contributed by atoms with van der Waals surface area (Å²) in [6.45, 7) is 0. The van der Waals surface area contributed by atoms with Gasteiger partial charge in [0.25, 0.3) is 11.6 Å². The number of benzene rings is 3. The number of nitrogens with one attached hydrogen (secondary N) is 2. The fourth-order valence-corrected chi connectivity index (χ4v) is 3.56. The molecule has 0 aromatic heterocycles. The van der Waals surface area contributed by atoms with Crippen LogP contribution >= 0.6 is 11.6 Å². The predicted molar refractivity (Wildman–Crippen MR) is 129 cm³/mol. The fraction of sp³-hybridized carbons (Fsp3) is 0.0417. The molecule has 1 aliphatic rings. The molecule has 0 bridgehead atoms. The molecule has 0 atom stereocenters. The molecule has 170 valence electrons. The summed E-state index contributed by atoms with van der Waals surface area (Å²) in [4.78, 5) is 37.1. The van der Waals surface area contributed by atoms with Gasteiger partial charge in [0.05, 0.1) is 23.3 Å². The largest absolute Gasteiger partial charge is 0.495 e. The highest BCUT2D eigenvalue weighted by Crippen LogP contribution is 2.29. The zero-order chi connectivity index (χ0) is 24.2. The average Bonchev–Trinajstić information content (AvgIpc) is 2.84. The lowest BCUT2D eigenvalue weighted by molar-refractivity contribution is -0.383. The van der Waals surface area contributed by atoms with Gasteiger partial charge in [0.1, 0.15) is 17.1 Å². The van der Waals surface area contributed by atoms with Gasteiger partial charge < -0.3 is 10.1 Å². The normalized spacial score (nSPS) is 13.6. The second-order valence-electron chi connectivity index (χ2n) is 7.12. The number of nitro benzene ring substituents is 1. The Morgan fingerprint density at radius 2 is 1.79 bits per heavy atom. The van der Waals surface area contributed by atoms with Crippen LogP contribution in [0.2, 0.25) is 5.02 Å². The molecular weight excluding hydrogens is 460 g/mol. The molecule has 34 heavy (non-hydrogen) atoms. The summed E-state index contributed by atoms with van der Waals surface area (Å²) in [6, 6.07) is 17.7. The highest BCUT2D eigenvalue weighted by atomic mass is 35.5. The van der Waals surface area contributed by atoms with E-state index >= 15 is 0 Å². The van der Waals surface area contributed by atoms with Crippen LogP contribution in [0.15, 0.2) is 77.4 Å². The van der Waals surface area contributed by atoms with Crippen LogP contribution in [0.1, 0.15) is 11.1 Å². The van der Waals surface area contributed by atoms with Crippen molar-refractivity contribution in [3.8, 4) is 5.75 Å². The first-order valence-corrected chi connectivity index (χ1v) is 10.3. The first-order valence-electron chi connectivity index (χ1n) is 9.97. The number of methoxy groups -OCH3 is 1. The Morgan fingerprint density at radius 1 is 1.06 bits per heavy atom. The van der Waals surface area contributed by atoms with Gasteiger partial charge in [-0.1, -0.05) is 48.0 Å². The van der Waals surface area contributed by atoms with E-state index in [4.69, 9.17) is 16.3 Å². The van der Waals surface area contributed by atoms with E-state index in [0.29, 0.717) is 22.6 Å². The number of hydrogen-bond donors (Lipinski definition) is 2. The van der Waals surface area contributed by atoms with Gasteiger partial charge in [-0.25, -0.2) is 0 Å². The first kappa shape index (κ1) is 22.7. The molecule has 2 N–H and O–H groups in total. The summed E-state index contributed by atoms with van der Waals surface area (Å²) >= 11 is 5.86. The second-order valence-corrected chi connectivity index (χ2v) is 7.56. The van der Waals surface area contributed by atoms with Crippen molar-refractivity contribution in [2.45, 2.75) is 0 Å². The van der Waals surface area contributed by atoms with Crippen molar-refractivity contribution in [1.82, 2.24) is 0 Å². The number of hydrogen-bond acceptors (Lipinski definition) is 7. The minimum Gasteiger partial charge on any atom is -0.495 e. The lowest BCUT2D eigenvalue weighted by Crippen LogP contribution is -2.30. The molecule has 3 aromatic carbocycles. The standard InChI is InChI=1S/C24H17ClN4O5/c1-34-21-9-5-4-8-19(21)26-24(31)17-12-14-6-2-3-7-16(14)22(23(17)30)28-27-18-11-10-15(25)13-20(18)29(32)33/h2-13,27H,1H3,(H,26,31)/b28-22-. The van der Waals surface area contributed by atoms with E-state index < -0.39 is 16.6 Å². The monoisotopic (exact) mass is 476 g/mol. The number of ketones is 1. The van der Waals surface area contributed by atoms with Crippen molar-refractivity contribution < 1.29 is 19.2 Å².